The summed E-state index contributed by atoms with van der Waals surface area (Å²) in [5.74, 6) is -9.03. The van der Waals surface area contributed by atoms with Gasteiger partial charge in [-0.1, -0.05) is 0 Å². The molecule has 2 atom stereocenters. The summed E-state index contributed by atoms with van der Waals surface area (Å²) in [6.45, 7) is 0. The highest BCUT2D eigenvalue weighted by Gasteiger charge is 2.52. The van der Waals surface area contributed by atoms with Gasteiger partial charge < -0.3 is 10.2 Å². The van der Waals surface area contributed by atoms with Gasteiger partial charge in [0.05, 0.1) is 11.8 Å². The Morgan fingerprint density at radius 1 is 1.08 bits per heavy atom. The Labute approximate surface area is 72.2 Å². The van der Waals surface area contributed by atoms with Crippen molar-refractivity contribution in [2.45, 2.75) is 18.8 Å². The van der Waals surface area contributed by atoms with Gasteiger partial charge in [0, 0.05) is 12.8 Å². The maximum absolute atomic E-state index is 12.6. The Morgan fingerprint density at radius 2 is 1.38 bits per heavy atom. The summed E-state index contributed by atoms with van der Waals surface area (Å²) < 4.78 is 25.3. The summed E-state index contributed by atoms with van der Waals surface area (Å²) in [5.41, 5.74) is 0. The van der Waals surface area contributed by atoms with Crippen LogP contribution in [0.25, 0.3) is 0 Å². The summed E-state index contributed by atoms with van der Waals surface area (Å²) in [6.07, 6.45) is -1.75. The Morgan fingerprint density at radius 3 is 1.62 bits per heavy atom. The lowest BCUT2D eigenvalue weighted by molar-refractivity contribution is -0.152. The van der Waals surface area contributed by atoms with Crippen molar-refractivity contribution >= 4 is 11.9 Å². The van der Waals surface area contributed by atoms with Crippen molar-refractivity contribution in [2.75, 3.05) is 0 Å². The van der Waals surface area contributed by atoms with Gasteiger partial charge in [-0.05, 0) is 0 Å². The monoisotopic (exact) mass is 194 g/mol. The first kappa shape index (κ1) is 9.88. The molecule has 1 saturated carbocycles. The summed E-state index contributed by atoms with van der Waals surface area (Å²) in [6, 6.07) is 0. The molecule has 1 aliphatic carbocycles. The standard InChI is InChI=1S/C7H8F2O4/c8-7(9)1-3(5(10)11)4(2-7)6(12)13/h3-4H,1-2H2,(H,10,11)(H,12,13)/t3-,4-/m0/s1. The molecule has 0 bridgehead atoms. The zero-order valence-corrected chi connectivity index (χ0v) is 6.54. The molecule has 13 heavy (non-hydrogen) atoms. The number of halogens is 2. The van der Waals surface area contributed by atoms with E-state index in [-0.39, 0.29) is 0 Å². The molecule has 0 aromatic carbocycles. The second-order valence-electron chi connectivity index (χ2n) is 3.15. The first-order valence-corrected chi connectivity index (χ1v) is 3.67. The summed E-state index contributed by atoms with van der Waals surface area (Å²) >= 11 is 0. The van der Waals surface area contributed by atoms with Crippen LogP contribution < -0.4 is 0 Å². The van der Waals surface area contributed by atoms with Gasteiger partial charge in [-0.15, -0.1) is 0 Å². The fourth-order valence-electron chi connectivity index (χ4n) is 1.53. The van der Waals surface area contributed by atoms with Crippen molar-refractivity contribution in [3.05, 3.63) is 0 Å². The van der Waals surface area contributed by atoms with Crippen LogP contribution in [-0.4, -0.2) is 28.1 Å². The molecule has 0 heterocycles. The van der Waals surface area contributed by atoms with Crippen LogP contribution in [-0.2, 0) is 9.59 Å². The molecule has 1 aliphatic rings. The Hall–Kier alpha value is -1.20. The molecule has 0 aromatic rings. The predicted octanol–water partition coefficient (Wildman–Crippen LogP) is 0.817. The zero-order valence-electron chi connectivity index (χ0n) is 6.54. The second-order valence-corrected chi connectivity index (χ2v) is 3.15. The number of carboxylic acid groups (broad SMARTS) is 2. The van der Waals surface area contributed by atoms with Crippen molar-refractivity contribution in [3.63, 3.8) is 0 Å². The van der Waals surface area contributed by atoms with Gasteiger partial charge in [0.15, 0.2) is 0 Å². The fourth-order valence-corrected chi connectivity index (χ4v) is 1.53. The van der Waals surface area contributed by atoms with Crippen molar-refractivity contribution < 1.29 is 28.6 Å². The number of alkyl halides is 2. The van der Waals surface area contributed by atoms with Crippen LogP contribution >= 0.6 is 0 Å². The van der Waals surface area contributed by atoms with Gasteiger partial charge >= 0.3 is 11.9 Å². The van der Waals surface area contributed by atoms with Crippen LogP contribution in [0, 0.1) is 11.8 Å². The quantitative estimate of drug-likeness (QED) is 0.682. The van der Waals surface area contributed by atoms with Crippen LogP contribution in [0.15, 0.2) is 0 Å². The van der Waals surface area contributed by atoms with Crippen molar-refractivity contribution in [3.8, 4) is 0 Å². The predicted molar refractivity (Wildman–Crippen MR) is 36.4 cm³/mol. The number of aliphatic carboxylic acids is 2. The Bertz CT molecular complexity index is 227. The van der Waals surface area contributed by atoms with E-state index in [1.54, 1.807) is 0 Å². The van der Waals surface area contributed by atoms with Gasteiger partial charge in [0.2, 0.25) is 5.92 Å². The molecule has 0 spiro atoms. The van der Waals surface area contributed by atoms with Gasteiger partial charge in [0.1, 0.15) is 0 Å². The van der Waals surface area contributed by atoms with Gasteiger partial charge in [-0.2, -0.15) is 0 Å². The van der Waals surface area contributed by atoms with Crippen LogP contribution in [0.2, 0.25) is 0 Å². The summed E-state index contributed by atoms with van der Waals surface area (Å²) in [5, 5.41) is 16.9. The van der Waals surface area contributed by atoms with Gasteiger partial charge in [-0.25, -0.2) is 8.78 Å². The molecule has 0 radical (unpaired) electrons. The third kappa shape index (κ3) is 1.93. The van der Waals surface area contributed by atoms with E-state index in [1.165, 1.54) is 0 Å². The number of rotatable bonds is 2. The summed E-state index contributed by atoms with van der Waals surface area (Å²) in [7, 11) is 0. The molecule has 1 rings (SSSR count). The Kier molecular flexibility index (Phi) is 2.23. The van der Waals surface area contributed by atoms with Gasteiger partial charge in [-0.3, -0.25) is 9.59 Å². The molecule has 0 unspecified atom stereocenters. The van der Waals surface area contributed by atoms with Crippen LogP contribution in [0.4, 0.5) is 8.78 Å². The lowest BCUT2D eigenvalue weighted by atomic mass is 9.97. The van der Waals surface area contributed by atoms with E-state index in [2.05, 4.69) is 0 Å². The van der Waals surface area contributed by atoms with Crippen LogP contribution in [0.1, 0.15) is 12.8 Å². The van der Waals surface area contributed by atoms with Crippen molar-refractivity contribution in [1.82, 2.24) is 0 Å². The first-order valence-electron chi connectivity index (χ1n) is 3.67. The molecular formula is C7H8F2O4. The van der Waals surface area contributed by atoms with E-state index in [0.717, 1.165) is 0 Å². The SMILES string of the molecule is O=C(O)[C@H]1CC(F)(F)C[C@@H]1C(=O)O. The van der Waals surface area contributed by atoms with E-state index in [9.17, 15) is 18.4 Å². The number of hydrogen-bond acceptors (Lipinski definition) is 2. The second kappa shape index (κ2) is 2.93. The minimum Gasteiger partial charge on any atom is -0.481 e. The summed E-state index contributed by atoms with van der Waals surface area (Å²) in [4.78, 5) is 20.8. The average Bonchev–Trinajstić information content (AvgIpc) is 2.26. The normalized spacial score (nSPS) is 31.5. The molecule has 0 aromatic heterocycles. The molecule has 1 fully saturated rings. The maximum Gasteiger partial charge on any atom is 0.307 e. The van der Waals surface area contributed by atoms with Crippen LogP contribution in [0.5, 0.6) is 0 Å². The van der Waals surface area contributed by atoms with E-state index in [1.807, 2.05) is 0 Å². The molecule has 74 valence electrons. The average molecular weight is 194 g/mol. The third-order valence-electron chi connectivity index (χ3n) is 2.16. The molecule has 4 nitrogen and oxygen atoms in total. The highest BCUT2D eigenvalue weighted by atomic mass is 19.3. The molecule has 0 aliphatic heterocycles. The van der Waals surface area contributed by atoms with E-state index >= 15 is 0 Å². The minimum absolute atomic E-state index is 0.876. The van der Waals surface area contributed by atoms with Gasteiger partial charge in [0.25, 0.3) is 0 Å². The number of carboxylic acids is 2. The van der Waals surface area contributed by atoms with E-state index in [0.29, 0.717) is 0 Å². The van der Waals surface area contributed by atoms with E-state index < -0.39 is 42.5 Å². The maximum atomic E-state index is 12.6. The van der Waals surface area contributed by atoms with Crippen molar-refractivity contribution in [1.29, 1.82) is 0 Å². The van der Waals surface area contributed by atoms with Crippen LogP contribution in [0.3, 0.4) is 0 Å². The molecule has 2 N–H and O–H groups in total. The lowest BCUT2D eigenvalue weighted by Gasteiger charge is -2.07. The third-order valence-corrected chi connectivity index (χ3v) is 2.16. The molecule has 0 amide bonds. The number of carbonyl (C=O) groups is 2. The number of hydrogen-bond donors (Lipinski definition) is 2. The highest BCUT2D eigenvalue weighted by Crippen LogP contribution is 2.43. The first-order chi connectivity index (χ1) is 5.83. The zero-order chi connectivity index (χ0) is 10.2. The topological polar surface area (TPSA) is 74.6 Å². The fraction of sp³-hybridized carbons (Fsp3) is 0.714. The largest absolute Gasteiger partial charge is 0.481 e. The molecular weight excluding hydrogens is 186 g/mol. The van der Waals surface area contributed by atoms with E-state index in [4.69, 9.17) is 10.2 Å². The smallest absolute Gasteiger partial charge is 0.307 e. The molecule has 6 heteroatoms. The minimum atomic E-state index is -3.16. The highest BCUT2D eigenvalue weighted by molar-refractivity contribution is 5.80. The van der Waals surface area contributed by atoms with Crippen molar-refractivity contribution in [2.24, 2.45) is 11.8 Å². The Balaban J connectivity index is 2.83. The molecule has 0 saturated heterocycles. The lowest BCUT2D eigenvalue weighted by Crippen LogP contribution is -2.24.